The lowest BCUT2D eigenvalue weighted by molar-refractivity contribution is -0.612. The summed E-state index contributed by atoms with van der Waals surface area (Å²) in [6.45, 7) is 51.3. The van der Waals surface area contributed by atoms with E-state index in [-0.39, 0.29) is 5.41 Å². The molecular formula is C118H119N11+10. The zero-order valence-corrected chi connectivity index (χ0v) is 78.5. The van der Waals surface area contributed by atoms with Gasteiger partial charge in [0, 0.05) is 249 Å². The van der Waals surface area contributed by atoms with Crippen molar-refractivity contribution in [2.24, 2.45) is 0 Å². The molecule has 636 valence electrons. The van der Waals surface area contributed by atoms with Crippen molar-refractivity contribution in [3.8, 4) is 56.9 Å². The molecule has 0 radical (unpaired) electrons. The number of hydrogen-bond donors (Lipinski definition) is 0. The number of benzene rings is 9. The third-order valence-corrected chi connectivity index (χ3v) is 25.1. The Hall–Kier alpha value is -15.0. The lowest BCUT2D eigenvalue weighted by Gasteiger charge is -2.20. The summed E-state index contributed by atoms with van der Waals surface area (Å²) >= 11 is 0. The van der Waals surface area contributed by atoms with Gasteiger partial charge in [-0.15, -0.1) is 0 Å². The van der Waals surface area contributed by atoms with Gasteiger partial charge in [0.15, 0.2) is 112 Å². The Kier molecular flexibility index (Phi) is 26.5. The van der Waals surface area contributed by atoms with E-state index in [4.69, 9.17) is 6.57 Å². The Morgan fingerprint density at radius 2 is 0.481 bits per heavy atom. The number of hydrogen-bond acceptors (Lipinski definition) is 0. The lowest BCUT2D eigenvalue weighted by atomic mass is 9.85. The zero-order chi connectivity index (χ0) is 91.1. The van der Waals surface area contributed by atoms with Crippen LogP contribution in [0.3, 0.4) is 0 Å². The lowest BCUT2D eigenvalue weighted by Crippen LogP contribution is -2.40. The Bertz CT molecular complexity index is 7280. The Morgan fingerprint density at radius 1 is 0.217 bits per heavy atom. The number of fused-ring (bicyclic) bond motifs is 4. The van der Waals surface area contributed by atoms with Crippen LogP contribution < -0.4 is 45.7 Å². The van der Waals surface area contributed by atoms with E-state index in [1.54, 1.807) is 0 Å². The van der Waals surface area contributed by atoms with Gasteiger partial charge in [-0.3, -0.25) is 0 Å². The molecular weight excluding hydrogens is 1570 g/mol. The second kappa shape index (κ2) is 38.5. The van der Waals surface area contributed by atoms with E-state index < -0.39 is 0 Å². The summed E-state index contributed by atoms with van der Waals surface area (Å²) in [5.74, 6) is 0. The first-order chi connectivity index (χ1) is 62.2. The molecule has 0 saturated carbocycles. The fraction of sp³-hybridized carbons (Fsp3) is 0.178. The predicted octanol–water partition coefficient (Wildman–Crippen LogP) is 22.9. The highest BCUT2D eigenvalue weighted by molar-refractivity contribution is 5.93. The highest BCUT2D eigenvalue weighted by Crippen LogP contribution is 2.33. The van der Waals surface area contributed by atoms with Gasteiger partial charge in [0.25, 0.3) is 0 Å². The molecule has 10 heterocycles. The van der Waals surface area contributed by atoms with Crippen LogP contribution >= 0.6 is 0 Å². The molecule has 0 aliphatic carbocycles. The van der Waals surface area contributed by atoms with Crippen LogP contribution in [-0.2, 0) is 5.41 Å². The second-order valence-corrected chi connectivity index (χ2v) is 35.1. The number of para-hydroxylation sites is 2. The largest absolute Gasteiger partial charge is 0.238 e. The summed E-state index contributed by atoms with van der Waals surface area (Å²) in [4.78, 5) is 3.75. The number of pyridine rings is 10. The maximum atomic E-state index is 7.61. The van der Waals surface area contributed by atoms with Crippen LogP contribution in [0, 0.1) is 124 Å². The van der Waals surface area contributed by atoms with Gasteiger partial charge < -0.3 is 0 Å². The Labute approximate surface area is 762 Å². The van der Waals surface area contributed by atoms with E-state index in [2.05, 4.69) is 524 Å². The Morgan fingerprint density at radius 3 is 0.806 bits per heavy atom. The molecule has 129 heavy (non-hydrogen) atoms. The molecule has 0 spiro atoms. The average Bonchev–Trinajstić information content (AvgIpc) is 0.755. The molecule has 0 aliphatic heterocycles. The number of rotatable bonds is 10. The molecule has 0 aliphatic rings. The number of nitrogens with zero attached hydrogens (tertiary/aromatic N) is 11. The van der Waals surface area contributed by atoms with Crippen LogP contribution in [0.4, 0.5) is 5.69 Å². The van der Waals surface area contributed by atoms with Gasteiger partial charge in [-0.25, -0.2) is 4.85 Å². The van der Waals surface area contributed by atoms with Crippen molar-refractivity contribution in [3.05, 3.63) is 472 Å². The molecule has 9 aromatic carbocycles. The maximum Gasteiger partial charge on any atom is 0.228 e. The standard InChI is InChI=1S/C27H30N2.C24H21N3.2C23H22N2.C21H24N2/c1-19-11-9-10-16-28(19)25-17-23(27(4,5)6)18-26(21(25)3)29-20(2)14-15-22-12-7-8-13-24(22)29;1-17-9-7-8-14-26(17)23-15-21(25-4)16-24(19(23)3)27-18(2)12-13-20-10-5-6-11-22(20)27;2*1-17-10-6-8-14-24(17)22-16-20-12-4-5-13-21(20)23(19(22)3)25-15-9-7-11-18(25)2;1-15-14-16(2)21(23-13-9-7-11-18(23)4)19(5)20(15)22-12-8-6-10-17(22)3/h7-18H,1-6H3;5-16H,1-3H3;2*4-16H,1-3H3;6-14H,1-5H3/q5*+2. The quantitative estimate of drug-likeness (QED) is 0.0968. The molecule has 0 N–H and O–H groups in total. The predicted molar refractivity (Wildman–Crippen MR) is 523 cm³/mol. The molecule has 0 unspecified atom stereocenters. The summed E-state index contributed by atoms with van der Waals surface area (Å²) in [5.41, 5.74) is 37.5. The molecule has 19 rings (SSSR count). The van der Waals surface area contributed by atoms with Gasteiger partial charge in [-0.1, -0.05) is 130 Å². The van der Waals surface area contributed by atoms with Gasteiger partial charge >= 0.3 is 0 Å². The first-order valence-corrected chi connectivity index (χ1v) is 44.7. The topological polar surface area (TPSA) is 43.2 Å². The second-order valence-electron chi connectivity index (χ2n) is 35.1. The monoisotopic (exact) mass is 1690 g/mol. The van der Waals surface area contributed by atoms with E-state index in [9.17, 15) is 0 Å². The summed E-state index contributed by atoms with van der Waals surface area (Å²) in [6, 6.07) is 109. The third-order valence-electron chi connectivity index (χ3n) is 25.1. The highest BCUT2D eigenvalue weighted by Gasteiger charge is 2.34. The summed E-state index contributed by atoms with van der Waals surface area (Å²) < 4.78 is 22.8. The summed E-state index contributed by atoms with van der Waals surface area (Å²) in [7, 11) is 0. The number of aryl methyl sites for hydroxylation is 12. The summed E-state index contributed by atoms with van der Waals surface area (Å²) in [5, 5.41) is 7.49. The van der Waals surface area contributed by atoms with Crippen molar-refractivity contribution in [2.45, 2.75) is 144 Å². The summed E-state index contributed by atoms with van der Waals surface area (Å²) in [6.07, 6.45) is 17.1. The molecule has 11 heteroatoms. The molecule has 0 saturated heterocycles. The van der Waals surface area contributed by atoms with Gasteiger partial charge in [-0.2, -0.15) is 45.7 Å². The van der Waals surface area contributed by atoms with Crippen LogP contribution in [0.25, 0.3) is 105 Å². The first kappa shape index (κ1) is 88.9. The molecule has 0 atom stereocenters. The van der Waals surface area contributed by atoms with Crippen molar-refractivity contribution in [1.82, 2.24) is 0 Å². The van der Waals surface area contributed by atoms with Crippen molar-refractivity contribution < 1.29 is 45.7 Å². The zero-order valence-electron chi connectivity index (χ0n) is 78.5. The average molecular weight is 1690 g/mol. The smallest absolute Gasteiger partial charge is 0.228 e. The molecule has 0 amide bonds. The normalized spacial score (nSPS) is 11.1. The third kappa shape index (κ3) is 18.4. The van der Waals surface area contributed by atoms with Crippen LogP contribution in [0.2, 0.25) is 0 Å². The maximum absolute atomic E-state index is 7.61. The molecule has 0 bridgehead atoms. The van der Waals surface area contributed by atoms with Gasteiger partial charge in [0.2, 0.25) is 67.9 Å². The minimum atomic E-state index is 0.0551. The Balaban J connectivity index is 0.000000124. The van der Waals surface area contributed by atoms with E-state index >= 15 is 0 Å². The van der Waals surface area contributed by atoms with Crippen LogP contribution in [0.15, 0.2) is 359 Å². The van der Waals surface area contributed by atoms with E-state index in [0.29, 0.717) is 5.69 Å². The van der Waals surface area contributed by atoms with Crippen molar-refractivity contribution in [2.75, 3.05) is 0 Å². The number of aromatic nitrogens is 10. The minimum absolute atomic E-state index is 0.0551. The highest BCUT2D eigenvalue weighted by atomic mass is 15.1. The first-order valence-electron chi connectivity index (χ1n) is 44.7. The van der Waals surface area contributed by atoms with E-state index in [1.165, 1.54) is 168 Å². The van der Waals surface area contributed by atoms with Crippen molar-refractivity contribution in [3.63, 3.8) is 0 Å². The van der Waals surface area contributed by atoms with Gasteiger partial charge in [-0.05, 0) is 113 Å². The molecule has 11 nitrogen and oxygen atoms in total. The molecule has 0 fully saturated rings. The van der Waals surface area contributed by atoms with Crippen LogP contribution in [0.5, 0.6) is 0 Å². The van der Waals surface area contributed by atoms with Crippen LogP contribution in [0.1, 0.15) is 122 Å². The van der Waals surface area contributed by atoms with E-state index in [1.807, 2.05) is 24.3 Å². The molecule has 19 aromatic rings. The molecule has 10 aromatic heterocycles. The minimum Gasteiger partial charge on any atom is -0.238 e. The SMILES string of the molecule is Cc1c(-[n+]2ccccc2C)cc(C(C)(C)C)cc1-[n+]1c(C)ccc2ccccc21.Cc1c(-[n+]2ccccc2C)cc2ccccc2c1-[n+]1ccccc1C.Cc1c(-[n+]2ccccc2C)cc2ccccc2c1-[n+]1ccccc1C.Cc1cc(C)c(-[n+]2ccccc2C)c(C)c1-[n+]1ccccc1C.[C-]#[N+]c1cc(-[n+]2ccccc2C)c(C)c(-[n+]2c(C)ccc3ccccc32)c1. The van der Waals surface area contributed by atoms with Crippen molar-refractivity contribution >= 4 is 49.0 Å². The van der Waals surface area contributed by atoms with Crippen LogP contribution in [-0.4, -0.2) is 0 Å². The van der Waals surface area contributed by atoms with Gasteiger partial charge in [0.1, 0.15) is 0 Å². The fourth-order valence-electron chi connectivity index (χ4n) is 18.2. The fourth-order valence-corrected chi connectivity index (χ4v) is 18.2. The van der Waals surface area contributed by atoms with Gasteiger partial charge in [0.05, 0.1) is 45.2 Å². The van der Waals surface area contributed by atoms with Crippen molar-refractivity contribution in [1.29, 1.82) is 0 Å². The van der Waals surface area contributed by atoms with E-state index in [0.717, 1.165) is 33.8 Å².